The van der Waals surface area contributed by atoms with Crippen LogP contribution < -0.4 is 10.6 Å². The molecule has 1 aromatic rings. The molecule has 0 spiro atoms. The van der Waals surface area contributed by atoms with Crippen molar-refractivity contribution in [2.24, 2.45) is 5.92 Å². The third kappa shape index (κ3) is 4.05. The Morgan fingerprint density at radius 1 is 1.11 bits per heavy atom. The number of aryl methyl sites for hydroxylation is 1. The molecule has 3 heterocycles. The number of carbonyl (C=O) groups is 1. The quantitative estimate of drug-likeness (QED) is 0.820. The maximum atomic E-state index is 12.9. The van der Waals surface area contributed by atoms with E-state index in [4.69, 9.17) is 0 Å². The second kappa shape index (κ2) is 7.53. The molecule has 6 nitrogen and oxygen atoms in total. The van der Waals surface area contributed by atoms with E-state index in [0.717, 1.165) is 31.2 Å². The molecule has 3 atom stereocenters. The zero-order valence-electron chi connectivity index (χ0n) is 15.9. The average Bonchev–Trinajstić information content (AvgIpc) is 3.00. The lowest BCUT2D eigenvalue weighted by molar-refractivity contribution is -0.127. The maximum Gasteiger partial charge on any atom is 0.243 e. The van der Waals surface area contributed by atoms with E-state index in [2.05, 4.69) is 10.6 Å². The number of rotatable bonds is 4. The second-order valence-electron chi connectivity index (χ2n) is 8.33. The maximum absolute atomic E-state index is 12.9. The topological polar surface area (TPSA) is 78.5 Å². The van der Waals surface area contributed by atoms with Gasteiger partial charge in [-0.2, -0.15) is 4.31 Å². The zero-order valence-corrected chi connectivity index (χ0v) is 16.7. The molecule has 0 aliphatic carbocycles. The minimum absolute atomic E-state index is 0.0186. The highest BCUT2D eigenvalue weighted by Crippen LogP contribution is 2.28. The van der Waals surface area contributed by atoms with E-state index in [9.17, 15) is 13.2 Å². The van der Waals surface area contributed by atoms with Gasteiger partial charge in [0.15, 0.2) is 0 Å². The molecule has 148 valence electrons. The van der Waals surface area contributed by atoms with Gasteiger partial charge in [0.2, 0.25) is 15.9 Å². The van der Waals surface area contributed by atoms with E-state index in [0.29, 0.717) is 23.5 Å². The number of fused-ring (bicyclic) bond motifs is 2. The van der Waals surface area contributed by atoms with Crippen LogP contribution in [0.2, 0.25) is 0 Å². The molecule has 27 heavy (non-hydrogen) atoms. The van der Waals surface area contributed by atoms with E-state index in [1.54, 1.807) is 12.1 Å². The first kappa shape index (κ1) is 18.9. The fourth-order valence-electron chi connectivity index (χ4n) is 4.73. The summed E-state index contributed by atoms with van der Waals surface area (Å²) in [6, 6.07) is 8.20. The Bertz CT molecular complexity index is 781. The van der Waals surface area contributed by atoms with Gasteiger partial charge in [-0.3, -0.25) is 4.79 Å². The van der Waals surface area contributed by atoms with Gasteiger partial charge in [0, 0.05) is 31.2 Å². The van der Waals surface area contributed by atoms with Crippen molar-refractivity contribution in [3.8, 4) is 0 Å². The lowest BCUT2D eigenvalue weighted by Gasteiger charge is -2.34. The van der Waals surface area contributed by atoms with E-state index >= 15 is 0 Å². The molecule has 2 bridgehead atoms. The summed E-state index contributed by atoms with van der Waals surface area (Å²) >= 11 is 0. The van der Waals surface area contributed by atoms with Crippen molar-refractivity contribution in [1.29, 1.82) is 0 Å². The molecule has 0 aromatic heterocycles. The van der Waals surface area contributed by atoms with Crippen LogP contribution in [0.4, 0.5) is 0 Å². The summed E-state index contributed by atoms with van der Waals surface area (Å²) in [6.07, 6.45) is 5.84. The molecule has 3 aliphatic heterocycles. The highest BCUT2D eigenvalue weighted by atomic mass is 32.2. The Morgan fingerprint density at radius 3 is 2.44 bits per heavy atom. The lowest BCUT2D eigenvalue weighted by atomic mass is 9.95. The van der Waals surface area contributed by atoms with Gasteiger partial charge < -0.3 is 10.6 Å². The third-order valence-corrected chi connectivity index (χ3v) is 8.11. The van der Waals surface area contributed by atoms with Crippen LogP contribution in [-0.2, 0) is 14.8 Å². The summed E-state index contributed by atoms with van der Waals surface area (Å²) < 4.78 is 27.4. The van der Waals surface area contributed by atoms with Crippen molar-refractivity contribution in [2.45, 2.75) is 68.5 Å². The van der Waals surface area contributed by atoms with Gasteiger partial charge in [-0.25, -0.2) is 8.42 Å². The molecule has 1 amide bonds. The highest BCUT2D eigenvalue weighted by molar-refractivity contribution is 7.89. The van der Waals surface area contributed by atoms with Crippen LogP contribution >= 0.6 is 0 Å². The first-order chi connectivity index (χ1) is 12.9. The smallest absolute Gasteiger partial charge is 0.243 e. The largest absolute Gasteiger partial charge is 0.353 e. The van der Waals surface area contributed by atoms with E-state index < -0.39 is 10.0 Å². The first-order valence-corrected chi connectivity index (χ1v) is 11.5. The molecule has 1 aromatic carbocycles. The summed E-state index contributed by atoms with van der Waals surface area (Å²) in [6.45, 7) is 2.70. The van der Waals surface area contributed by atoms with E-state index in [1.807, 2.05) is 19.1 Å². The molecule has 3 fully saturated rings. The number of hydrogen-bond donors (Lipinski definition) is 2. The number of carbonyl (C=O) groups excluding carboxylic acids is 1. The zero-order chi connectivity index (χ0) is 19.0. The third-order valence-electron chi connectivity index (χ3n) is 6.23. The Hall–Kier alpha value is -1.44. The van der Waals surface area contributed by atoms with Crippen LogP contribution in [0.15, 0.2) is 29.2 Å². The van der Waals surface area contributed by atoms with Crippen LogP contribution in [0, 0.1) is 12.8 Å². The Labute approximate surface area is 161 Å². The fourth-order valence-corrected chi connectivity index (χ4v) is 6.25. The number of hydrogen-bond acceptors (Lipinski definition) is 4. The van der Waals surface area contributed by atoms with E-state index in [-0.39, 0.29) is 24.4 Å². The molecule has 7 heteroatoms. The molecule has 0 radical (unpaired) electrons. The summed E-state index contributed by atoms with van der Waals surface area (Å²) in [5, 5.41) is 6.79. The standard InChI is InChI=1S/C20H29N3O3S/c1-14-4-8-19(9-5-14)27(25,26)23-10-2-3-15(13-23)20(24)22-18-11-16-6-7-17(12-18)21-16/h4-5,8-9,15-18,21H,2-3,6-7,10-13H2,1H3,(H,22,24). The molecule has 2 N–H and O–H groups in total. The van der Waals surface area contributed by atoms with Crippen molar-refractivity contribution >= 4 is 15.9 Å². The van der Waals surface area contributed by atoms with Crippen molar-refractivity contribution in [3.63, 3.8) is 0 Å². The number of piperidine rings is 2. The average molecular weight is 392 g/mol. The number of nitrogens with zero attached hydrogens (tertiary/aromatic N) is 1. The van der Waals surface area contributed by atoms with Gasteiger partial charge in [0.25, 0.3) is 0 Å². The van der Waals surface area contributed by atoms with Gasteiger partial charge in [-0.15, -0.1) is 0 Å². The van der Waals surface area contributed by atoms with Crippen molar-refractivity contribution in [2.75, 3.05) is 13.1 Å². The van der Waals surface area contributed by atoms with Gasteiger partial charge in [0.05, 0.1) is 10.8 Å². The molecule has 4 rings (SSSR count). The molecular weight excluding hydrogens is 362 g/mol. The predicted octanol–water partition coefficient (Wildman–Crippen LogP) is 1.79. The lowest BCUT2D eigenvalue weighted by Crippen LogP contribution is -2.51. The molecule has 0 saturated carbocycles. The van der Waals surface area contributed by atoms with Crippen molar-refractivity contribution < 1.29 is 13.2 Å². The summed E-state index contributed by atoms with van der Waals surface area (Å²) in [7, 11) is -3.54. The number of benzene rings is 1. The SMILES string of the molecule is Cc1ccc(S(=O)(=O)N2CCCC(C(=O)NC3CC4CCC(C3)N4)C2)cc1. The Morgan fingerprint density at radius 2 is 1.78 bits per heavy atom. The number of sulfonamides is 1. The highest BCUT2D eigenvalue weighted by Gasteiger charge is 2.37. The minimum Gasteiger partial charge on any atom is -0.353 e. The van der Waals surface area contributed by atoms with Crippen LogP contribution in [0.5, 0.6) is 0 Å². The van der Waals surface area contributed by atoms with Crippen LogP contribution in [-0.4, -0.2) is 49.8 Å². The fraction of sp³-hybridized carbons (Fsp3) is 0.650. The second-order valence-corrected chi connectivity index (χ2v) is 10.3. The summed E-state index contributed by atoms with van der Waals surface area (Å²) in [4.78, 5) is 13.1. The molecule has 3 saturated heterocycles. The summed E-state index contributed by atoms with van der Waals surface area (Å²) in [5.74, 6) is -0.239. The Kier molecular flexibility index (Phi) is 5.27. The molecular formula is C20H29N3O3S. The summed E-state index contributed by atoms with van der Waals surface area (Å²) in [5.41, 5.74) is 1.03. The monoisotopic (exact) mass is 391 g/mol. The molecule has 3 aliphatic rings. The molecule has 3 unspecified atom stereocenters. The van der Waals surface area contributed by atoms with Gasteiger partial charge in [0.1, 0.15) is 0 Å². The van der Waals surface area contributed by atoms with Gasteiger partial charge in [-0.1, -0.05) is 17.7 Å². The Balaban J connectivity index is 1.40. The van der Waals surface area contributed by atoms with Crippen LogP contribution in [0.25, 0.3) is 0 Å². The van der Waals surface area contributed by atoms with Crippen molar-refractivity contribution in [1.82, 2.24) is 14.9 Å². The van der Waals surface area contributed by atoms with Crippen molar-refractivity contribution in [3.05, 3.63) is 29.8 Å². The minimum atomic E-state index is -3.54. The van der Waals surface area contributed by atoms with Crippen LogP contribution in [0.1, 0.15) is 44.1 Å². The first-order valence-electron chi connectivity index (χ1n) is 10.0. The van der Waals surface area contributed by atoms with Gasteiger partial charge >= 0.3 is 0 Å². The number of nitrogens with one attached hydrogen (secondary N) is 2. The van der Waals surface area contributed by atoms with Gasteiger partial charge in [-0.05, 0) is 57.6 Å². The normalized spacial score (nSPS) is 31.6. The van der Waals surface area contributed by atoms with E-state index in [1.165, 1.54) is 17.1 Å². The predicted molar refractivity (Wildman–Crippen MR) is 104 cm³/mol. The number of amides is 1. The van der Waals surface area contributed by atoms with Crippen LogP contribution in [0.3, 0.4) is 0 Å².